The number of ether oxygens (including phenoxy) is 2. The van der Waals surface area contributed by atoms with Crippen molar-refractivity contribution in [3.63, 3.8) is 0 Å². The monoisotopic (exact) mass is 560 g/mol. The standard InChI is InChI=1S/C29H40N2O7S/c1-21(2)26(31(3)4)20-22-7-9-23(10-8-22)27(32)6-5-17-38-24-11-13-25(14-12-24)39(35,36)29(28(33)30-34)15-18-37-19-16-29/h7-14,21,26,34H,5-6,15-20H2,1-4H3,(H,30,33). The molecule has 0 aliphatic carbocycles. The lowest BCUT2D eigenvalue weighted by Gasteiger charge is -2.34. The molecule has 10 heteroatoms. The number of benzene rings is 2. The Labute approximate surface area is 231 Å². The number of amides is 1. The number of ketones is 1. The van der Waals surface area contributed by atoms with E-state index in [1.165, 1.54) is 35.3 Å². The van der Waals surface area contributed by atoms with E-state index < -0.39 is 20.5 Å². The topological polar surface area (TPSA) is 122 Å². The second-order valence-electron chi connectivity index (χ2n) is 10.6. The van der Waals surface area contributed by atoms with E-state index >= 15 is 0 Å². The molecule has 1 fully saturated rings. The molecule has 0 saturated carbocycles. The molecule has 1 saturated heterocycles. The third kappa shape index (κ3) is 7.25. The number of carbonyl (C=O) groups is 2. The summed E-state index contributed by atoms with van der Waals surface area (Å²) in [4.78, 5) is 27.2. The minimum atomic E-state index is -4.09. The van der Waals surface area contributed by atoms with E-state index in [-0.39, 0.29) is 36.7 Å². The summed E-state index contributed by atoms with van der Waals surface area (Å²) in [7, 11) is 0.0793. The maximum atomic E-state index is 13.3. The van der Waals surface area contributed by atoms with Gasteiger partial charge in [-0.3, -0.25) is 14.8 Å². The summed E-state index contributed by atoms with van der Waals surface area (Å²) in [6, 6.07) is 14.1. The van der Waals surface area contributed by atoms with Crippen molar-refractivity contribution >= 4 is 21.5 Å². The molecule has 1 unspecified atom stereocenters. The minimum absolute atomic E-state index is 0.0377. The molecule has 2 N–H and O–H groups in total. The van der Waals surface area contributed by atoms with Crippen LogP contribution in [-0.4, -0.2) is 74.9 Å². The fourth-order valence-corrected chi connectivity index (χ4v) is 6.95. The van der Waals surface area contributed by atoms with Crippen LogP contribution in [-0.2, 0) is 25.8 Å². The fourth-order valence-electron chi connectivity index (χ4n) is 5.01. The van der Waals surface area contributed by atoms with Crippen molar-refractivity contribution in [2.24, 2.45) is 5.92 Å². The number of nitrogens with zero attached hydrogens (tertiary/aromatic N) is 1. The molecule has 0 radical (unpaired) electrons. The number of hydroxylamine groups is 1. The first-order chi connectivity index (χ1) is 18.5. The van der Waals surface area contributed by atoms with E-state index in [0.29, 0.717) is 42.7 Å². The minimum Gasteiger partial charge on any atom is -0.494 e. The Bertz CT molecular complexity index is 1200. The largest absolute Gasteiger partial charge is 0.494 e. The summed E-state index contributed by atoms with van der Waals surface area (Å²) in [5, 5.41) is 9.17. The first-order valence-corrected chi connectivity index (χ1v) is 14.8. The van der Waals surface area contributed by atoms with Gasteiger partial charge in [0.05, 0.1) is 11.5 Å². The van der Waals surface area contributed by atoms with Crippen LogP contribution in [0.15, 0.2) is 53.4 Å². The van der Waals surface area contributed by atoms with E-state index in [4.69, 9.17) is 14.7 Å². The van der Waals surface area contributed by atoms with Gasteiger partial charge in [0.15, 0.2) is 20.4 Å². The average Bonchev–Trinajstić information content (AvgIpc) is 2.94. The molecular formula is C29H40N2O7S. The molecular weight excluding hydrogens is 520 g/mol. The first kappa shape index (κ1) is 30.7. The normalized spacial score (nSPS) is 16.2. The van der Waals surface area contributed by atoms with Crippen LogP contribution in [0.2, 0.25) is 0 Å². The molecule has 0 aromatic heterocycles. The number of sulfone groups is 1. The number of likely N-dealkylation sites (N-methyl/N-ethyl adjacent to an activating group) is 1. The van der Waals surface area contributed by atoms with Gasteiger partial charge in [-0.1, -0.05) is 38.1 Å². The molecule has 214 valence electrons. The van der Waals surface area contributed by atoms with Crippen molar-refractivity contribution in [2.75, 3.05) is 33.9 Å². The van der Waals surface area contributed by atoms with Crippen LogP contribution in [0, 0.1) is 5.92 Å². The molecule has 1 aliphatic rings. The van der Waals surface area contributed by atoms with Gasteiger partial charge < -0.3 is 14.4 Å². The van der Waals surface area contributed by atoms with E-state index in [1.807, 2.05) is 24.3 Å². The highest BCUT2D eigenvalue weighted by Gasteiger charge is 2.52. The van der Waals surface area contributed by atoms with Gasteiger partial charge in [0, 0.05) is 31.2 Å². The molecule has 2 aromatic carbocycles. The molecule has 1 amide bonds. The zero-order valence-electron chi connectivity index (χ0n) is 23.2. The molecule has 1 heterocycles. The van der Waals surface area contributed by atoms with Crippen molar-refractivity contribution < 1.29 is 32.7 Å². The van der Waals surface area contributed by atoms with Crippen molar-refractivity contribution in [2.45, 2.75) is 61.6 Å². The molecule has 2 aromatic rings. The quantitative estimate of drug-likeness (QED) is 0.165. The smallest absolute Gasteiger partial charge is 0.265 e. The van der Waals surface area contributed by atoms with Crippen LogP contribution in [0.1, 0.15) is 55.5 Å². The number of Topliss-reactive ketones (excluding diaryl/α,β-unsaturated/α-hetero) is 1. The fraction of sp³-hybridized carbons (Fsp3) is 0.517. The Morgan fingerprint density at radius 1 is 1.05 bits per heavy atom. The maximum absolute atomic E-state index is 13.3. The van der Waals surface area contributed by atoms with Crippen LogP contribution in [0.3, 0.4) is 0 Å². The van der Waals surface area contributed by atoms with Gasteiger partial charge in [0.25, 0.3) is 5.91 Å². The lowest BCUT2D eigenvalue weighted by molar-refractivity contribution is -0.134. The van der Waals surface area contributed by atoms with Crippen LogP contribution < -0.4 is 10.2 Å². The third-order valence-electron chi connectivity index (χ3n) is 7.43. The average molecular weight is 561 g/mol. The highest BCUT2D eigenvalue weighted by molar-refractivity contribution is 7.93. The molecule has 9 nitrogen and oxygen atoms in total. The van der Waals surface area contributed by atoms with Crippen LogP contribution in [0.25, 0.3) is 0 Å². The summed E-state index contributed by atoms with van der Waals surface area (Å²) in [6.07, 6.45) is 1.67. The second kappa shape index (κ2) is 13.5. The maximum Gasteiger partial charge on any atom is 0.265 e. The van der Waals surface area contributed by atoms with E-state index in [0.717, 1.165) is 6.42 Å². The molecule has 3 rings (SSSR count). The number of rotatable bonds is 13. The Balaban J connectivity index is 1.52. The van der Waals surface area contributed by atoms with Gasteiger partial charge in [-0.2, -0.15) is 0 Å². The Morgan fingerprint density at radius 3 is 2.21 bits per heavy atom. The van der Waals surface area contributed by atoms with Crippen LogP contribution in [0.4, 0.5) is 0 Å². The number of hydrogen-bond acceptors (Lipinski definition) is 8. The van der Waals surface area contributed by atoms with Gasteiger partial charge in [0.2, 0.25) is 0 Å². The van der Waals surface area contributed by atoms with Gasteiger partial charge in [-0.15, -0.1) is 0 Å². The third-order valence-corrected chi connectivity index (χ3v) is 9.95. The van der Waals surface area contributed by atoms with Crippen LogP contribution in [0.5, 0.6) is 5.75 Å². The molecule has 39 heavy (non-hydrogen) atoms. The second-order valence-corrected chi connectivity index (χ2v) is 12.8. The van der Waals surface area contributed by atoms with Gasteiger partial charge >= 0.3 is 0 Å². The molecule has 0 bridgehead atoms. The van der Waals surface area contributed by atoms with E-state index in [1.54, 1.807) is 0 Å². The Kier molecular flexibility index (Phi) is 10.7. The SMILES string of the molecule is CC(C)C(Cc1ccc(C(=O)CCCOc2ccc(S(=O)(=O)C3(C(=O)NO)CCOCC3)cc2)cc1)N(C)C. The predicted octanol–water partition coefficient (Wildman–Crippen LogP) is 3.69. The summed E-state index contributed by atoms with van der Waals surface area (Å²) in [6.45, 7) is 4.92. The summed E-state index contributed by atoms with van der Waals surface area (Å²) < 4.78 is 35.8. The van der Waals surface area contributed by atoms with Gasteiger partial charge in [0.1, 0.15) is 5.75 Å². The van der Waals surface area contributed by atoms with Crippen molar-refractivity contribution in [1.29, 1.82) is 0 Å². The Morgan fingerprint density at radius 2 is 1.67 bits per heavy atom. The molecule has 1 aliphatic heterocycles. The zero-order valence-corrected chi connectivity index (χ0v) is 24.0. The summed E-state index contributed by atoms with van der Waals surface area (Å²) >= 11 is 0. The van der Waals surface area contributed by atoms with Crippen molar-refractivity contribution in [1.82, 2.24) is 10.4 Å². The van der Waals surface area contributed by atoms with Gasteiger partial charge in [-0.05, 0) is 75.5 Å². The molecule has 1 atom stereocenters. The first-order valence-electron chi connectivity index (χ1n) is 13.3. The van der Waals surface area contributed by atoms with Crippen molar-refractivity contribution in [3.8, 4) is 5.75 Å². The lowest BCUT2D eigenvalue weighted by atomic mass is 9.94. The van der Waals surface area contributed by atoms with Gasteiger partial charge in [-0.25, -0.2) is 13.9 Å². The highest BCUT2D eigenvalue weighted by Crippen LogP contribution is 2.35. The Hall–Kier alpha value is -2.79. The number of hydrogen-bond donors (Lipinski definition) is 2. The van der Waals surface area contributed by atoms with Crippen molar-refractivity contribution in [3.05, 3.63) is 59.7 Å². The highest BCUT2D eigenvalue weighted by atomic mass is 32.2. The van der Waals surface area contributed by atoms with Crippen LogP contribution >= 0.6 is 0 Å². The number of nitrogens with one attached hydrogen (secondary N) is 1. The molecule has 0 spiro atoms. The summed E-state index contributed by atoms with van der Waals surface area (Å²) in [5.74, 6) is 0.0691. The zero-order chi connectivity index (χ0) is 28.6. The number of carbonyl (C=O) groups excluding carboxylic acids is 2. The predicted molar refractivity (Wildman–Crippen MR) is 148 cm³/mol. The lowest BCUT2D eigenvalue weighted by Crippen LogP contribution is -2.54. The van der Waals surface area contributed by atoms with E-state index in [2.05, 4.69) is 32.8 Å². The summed E-state index contributed by atoms with van der Waals surface area (Å²) in [5.41, 5.74) is 3.38. The van der Waals surface area contributed by atoms with E-state index in [9.17, 15) is 18.0 Å².